The van der Waals surface area contributed by atoms with Crippen molar-refractivity contribution in [2.45, 2.75) is 46.0 Å². The fourth-order valence-corrected chi connectivity index (χ4v) is 5.90. The zero-order chi connectivity index (χ0) is 22.9. The summed E-state index contributed by atoms with van der Waals surface area (Å²) in [6, 6.07) is 19.9. The van der Waals surface area contributed by atoms with Crippen LogP contribution in [-0.2, 0) is 12.5 Å². The molecule has 5 aromatic rings. The molecule has 0 N–H and O–H groups in total. The lowest BCUT2D eigenvalue weighted by molar-refractivity contribution is -0.660. The molecule has 0 amide bonds. The van der Waals surface area contributed by atoms with Gasteiger partial charge in [-0.25, -0.2) is 9.55 Å². The van der Waals surface area contributed by atoms with Gasteiger partial charge in [-0.2, -0.15) is 0 Å². The van der Waals surface area contributed by atoms with E-state index < -0.39 is 0 Å². The average Bonchev–Trinajstić information content (AvgIpc) is 3.32. The van der Waals surface area contributed by atoms with Crippen LogP contribution in [0, 0.1) is 13.8 Å². The molecule has 0 fully saturated rings. The van der Waals surface area contributed by atoms with Gasteiger partial charge in [0.05, 0.1) is 11.3 Å². The Labute approximate surface area is 194 Å². The highest BCUT2D eigenvalue weighted by Crippen LogP contribution is 2.53. The molecule has 0 atom stereocenters. The van der Waals surface area contributed by atoms with Crippen LogP contribution in [0.25, 0.3) is 44.5 Å². The third-order valence-corrected chi connectivity index (χ3v) is 7.80. The van der Waals surface area contributed by atoms with Crippen LogP contribution in [0.4, 0.5) is 0 Å². The van der Waals surface area contributed by atoms with Gasteiger partial charge in [-0.15, -0.1) is 0 Å². The van der Waals surface area contributed by atoms with E-state index in [1.807, 2.05) is 0 Å². The zero-order valence-corrected chi connectivity index (χ0v) is 20.0. The van der Waals surface area contributed by atoms with E-state index in [1.54, 1.807) is 0 Å². The van der Waals surface area contributed by atoms with Crippen molar-refractivity contribution in [2.24, 2.45) is 7.05 Å². The first kappa shape index (κ1) is 20.2. The van der Waals surface area contributed by atoms with Gasteiger partial charge in [-0.1, -0.05) is 50.2 Å². The van der Waals surface area contributed by atoms with Gasteiger partial charge in [0.15, 0.2) is 11.8 Å². The summed E-state index contributed by atoms with van der Waals surface area (Å²) in [5, 5.41) is 2.23. The fourth-order valence-electron chi connectivity index (χ4n) is 5.90. The van der Waals surface area contributed by atoms with Gasteiger partial charge in [0.25, 0.3) is 0 Å². The maximum atomic E-state index is 6.60. The van der Waals surface area contributed by atoms with Gasteiger partial charge < -0.3 is 4.42 Å². The molecule has 3 nitrogen and oxygen atoms in total. The number of nitrogens with zero attached hydrogens (tertiary/aromatic N) is 2. The van der Waals surface area contributed by atoms with E-state index in [0.717, 1.165) is 46.2 Å². The Hall–Kier alpha value is -3.46. The van der Waals surface area contributed by atoms with E-state index in [-0.39, 0.29) is 5.41 Å². The number of hydrogen-bond donors (Lipinski definition) is 0. The minimum absolute atomic E-state index is 0.0547. The molecular formula is C30H29N2O+. The molecule has 164 valence electrons. The van der Waals surface area contributed by atoms with Crippen LogP contribution in [0.15, 0.2) is 65.2 Å². The summed E-state index contributed by atoms with van der Waals surface area (Å²) >= 11 is 0. The Morgan fingerprint density at radius 3 is 2.48 bits per heavy atom. The Kier molecular flexibility index (Phi) is 4.29. The Morgan fingerprint density at radius 1 is 0.909 bits per heavy atom. The van der Waals surface area contributed by atoms with Crippen LogP contribution < -0.4 is 4.57 Å². The Bertz CT molecular complexity index is 1570. The monoisotopic (exact) mass is 433 g/mol. The van der Waals surface area contributed by atoms with Crippen molar-refractivity contribution in [3.63, 3.8) is 0 Å². The molecule has 2 aromatic carbocycles. The first-order valence-electron chi connectivity index (χ1n) is 11.9. The lowest BCUT2D eigenvalue weighted by atomic mass is 9.76. The summed E-state index contributed by atoms with van der Waals surface area (Å²) in [5.74, 6) is 0. The highest BCUT2D eigenvalue weighted by atomic mass is 16.3. The normalized spacial score (nSPS) is 14.1. The number of benzene rings is 2. The molecule has 6 rings (SSSR count). The van der Waals surface area contributed by atoms with E-state index in [2.05, 4.69) is 100 Å². The van der Waals surface area contributed by atoms with Gasteiger partial charge in [0, 0.05) is 33.9 Å². The molecule has 33 heavy (non-hydrogen) atoms. The highest BCUT2D eigenvalue weighted by molar-refractivity contribution is 6.10. The second kappa shape index (κ2) is 7.02. The fraction of sp³-hybridized carbons (Fsp3) is 0.267. The smallest absolute Gasteiger partial charge is 0.227 e. The standard InChI is InChI=1S/C30H29N2O/c1-6-30(7-2)24-11-9-8-10-20(24)22-17-23-21-13-12-19(4)26(25-16-18(3)14-15-32(25)5)27(21)33-29(23)31-28(22)30/h8-17H,6-7H2,1-5H3/q+1. The molecule has 0 saturated carbocycles. The molecular weight excluding hydrogens is 404 g/mol. The van der Waals surface area contributed by atoms with E-state index in [4.69, 9.17) is 9.40 Å². The van der Waals surface area contributed by atoms with Crippen molar-refractivity contribution in [1.29, 1.82) is 0 Å². The summed E-state index contributed by atoms with van der Waals surface area (Å²) in [7, 11) is 2.09. The van der Waals surface area contributed by atoms with Gasteiger partial charge in [0.2, 0.25) is 11.4 Å². The molecule has 1 aliphatic rings. The topological polar surface area (TPSA) is 29.9 Å². The van der Waals surface area contributed by atoms with Crippen molar-refractivity contribution in [2.75, 3.05) is 0 Å². The van der Waals surface area contributed by atoms with Crippen molar-refractivity contribution < 1.29 is 8.98 Å². The second-order valence-corrected chi connectivity index (χ2v) is 9.51. The van der Waals surface area contributed by atoms with Crippen molar-refractivity contribution in [1.82, 2.24) is 4.98 Å². The van der Waals surface area contributed by atoms with Crippen molar-refractivity contribution in [3.05, 3.63) is 83.2 Å². The number of furan rings is 1. The second-order valence-electron chi connectivity index (χ2n) is 9.51. The van der Waals surface area contributed by atoms with Crippen LogP contribution in [0.2, 0.25) is 0 Å². The molecule has 1 aliphatic carbocycles. The molecule has 0 radical (unpaired) electrons. The van der Waals surface area contributed by atoms with Gasteiger partial charge in [-0.05, 0) is 55.0 Å². The van der Waals surface area contributed by atoms with E-state index in [0.29, 0.717) is 0 Å². The van der Waals surface area contributed by atoms with Gasteiger partial charge in [-0.3, -0.25) is 0 Å². The molecule has 3 heteroatoms. The van der Waals surface area contributed by atoms with Crippen LogP contribution in [0.5, 0.6) is 0 Å². The molecule has 3 aromatic heterocycles. The van der Waals surface area contributed by atoms with Crippen LogP contribution in [0.3, 0.4) is 0 Å². The molecule has 3 heterocycles. The number of rotatable bonds is 3. The SMILES string of the molecule is CCC1(CC)c2ccccc2-c2cc3c(nc21)oc1c(-c2cc(C)cc[n+]2C)c(C)ccc13. The third kappa shape index (κ3) is 2.62. The number of aryl methyl sites for hydroxylation is 3. The predicted molar refractivity (Wildman–Crippen MR) is 134 cm³/mol. The minimum atomic E-state index is -0.0547. The highest BCUT2D eigenvalue weighted by Gasteiger charge is 2.42. The summed E-state index contributed by atoms with van der Waals surface area (Å²) < 4.78 is 8.77. The summed E-state index contributed by atoms with van der Waals surface area (Å²) in [5.41, 5.74) is 11.5. The maximum Gasteiger partial charge on any atom is 0.227 e. The quantitative estimate of drug-likeness (QED) is 0.282. The lowest BCUT2D eigenvalue weighted by Crippen LogP contribution is -2.30. The lowest BCUT2D eigenvalue weighted by Gasteiger charge is -2.28. The van der Waals surface area contributed by atoms with Crippen molar-refractivity contribution >= 4 is 22.1 Å². The Morgan fingerprint density at radius 2 is 1.70 bits per heavy atom. The Balaban J connectivity index is 1.71. The molecule has 0 saturated heterocycles. The van der Waals surface area contributed by atoms with E-state index >= 15 is 0 Å². The van der Waals surface area contributed by atoms with Crippen molar-refractivity contribution in [3.8, 4) is 22.4 Å². The molecule has 0 spiro atoms. The van der Waals surface area contributed by atoms with Crippen LogP contribution >= 0.6 is 0 Å². The summed E-state index contributed by atoms with van der Waals surface area (Å²) in [4.78, 5) is 5.23. The van der Waals surface area contributed by atoms with Gasteiger partial charge >= 0.3 is 0 Å². The average molecular weight is 434 g/mol. The predicted octanol–water partition coefficient (Wildman–Crippen LogP) is 7.18. The molecule has 0 unspecified atom stereocenters. The zero-order valence-electron chi connectivity index (χ0n) is 20.0. The molecule has 0 aliphatic heterocycles. The largest absolute Gasteiger partial charge is 0.437 e. The number of hydrogen-bond acceptors (Lipinski definition) is 2. The number of pyridine rings is 2. The maximum absolute atomic E-state index is 6.60. The first-order valence-corrected chi connectivity index (χ1v) is 11.9. The van der Waals surface area contributed by atoms with E-state index in [1.165, 1.54) is 33.5 Å². The minimum Gasteiger partial charge on any atom is -0.437 e. The number of fused-ring (bicyclic) bond motifs is 6. The van der Waals surface area contributed by atoms with Gasteiger partial charge in [0.1, 0.15) is 7.05 Å². The summed E-state index contributed by atoms with van der Waals surface area (Å²) in [6.07, 6.45) is 4.16. The van der Waals surface area contributed by atoms with Crippen LogP contribution in [0.1, 0.15) is 49.1 Å². The first-order chi connectivity index (χ1) is 16.0. The van der Waals surface area contributed by atoms with Crippen LogP contribution in [-0.4, -0.2) is 4.98 Å². The molecule has 0 bridgehead atoms. The van der Waals surface area contributed by atoms with E-state index in [9.17, 15) is 0 Å². The number of aromatic nitrogens is 2. The summed E-state index contributed by atoms with van der Waals surface area (Å²) in [6.45, 7) is 8.85. The third-order valence-electron chi connectivity index (χ3n) is 7.80.